The van der Waals surface area contributed by atoms with Gasteiger partial charge < -0.3 is 9.16 Å². The predicted octanol–water partition coefficient (Wildman–Crippen LogP) is 4.43. The molecule has 3 nitrogen and oxygen atoms in total. The monoisotopic (exact) mass is 308 g/mol. The maximum absolute atomic E-state index is 11.6. The summed E-state index contributed by atoms with van der Waals surface area (Å²) in [5, 5.41) is 0.237. The standard InChI is InChI=1S/C17H28O3Si/c1-7-19-16(18)15-10-8-14(9-11-15)12-13-20-21(5,6)17(2,3)4/h8-11H,7,12-13H2,1-6H3. The molecule has 0 aromatic heterocycles. The summed E-state index contributed by atoms with van der Waals surface area (Å²) >= 11 is 0. The maximum atomic E-state index is 11.6. The Morgan fingerprint density at radius 1 is 1.14 bits per heavy atom. The van der Waals surface area contributed by atoms with E-state index in [1.165, 1.54) is 5.56 Å². The van der Waals surface area contributed by atoms with Gasteiger partial charge in [0, 0.05) is 6.61 Å². The highest BCUT2D eigenvalue weighted by Crippen LogP contribution is 2.36. The molecule has 1 rings (SSSR count). The van der Waals surface area contributed by atoms with Gasteiger partial charge in [-0.25, -0.2) is 4.79 Å². The van der Waals surface area contributed by atoms with Gasteiger partial charge in [0.05, 0.1) is 12.2 Å². The minimum atomic E-state index is -1.67. The smallest absolute Gasteiger partial charge is 0.338 e. The van der Waals surface area contributed by atoms with Crippen molar-refractivity contribution in [2.75, 3.05) is 13.2 Å². The lowest BCUT2D eigenvalue weighted by molar-refractivity contribution is 0.0526. The van der Waals surface area contributed by atoms with Crippen LogP contribution in [0.1, 0.15) is 43.6 Å². The third-order valence-corrected chi connectivity index (χ3v) is 8.66. The fourth-order valence-electron chi connectivity index (χ4n) is 1.66. The molecule has 1 aromatic carbocycles. The molecule has 21 heavy (non-hydrogen) atoms. The number of benzene rings is 1. The highest BCUT2D eigenvalue weighted by molar-refractivity contribution is 6.74. The predicted molar refractivity (Wildman–Crippen MR) is 89.3 cm³/mol. The van der Waals surface area contributed by atoms with Crippen LogP contribution in [0.5, 0.6) is 0 Å². The normalized spacial score (nSPS) is 12.3. The Hall–Kier alpha value is -1.13. The van der Waals surface area contributed by atoms with Crippen molar-refractivity contribution in [2.24, 2.45) is 0 Å². The molecule has 0 unspecified atom stereocenters. The molecule has 0 bridgehead atoms. The lowest BCUT2D eigenvalue weighted by Gasteiger charge is -2.36. The van der Waals surface area contributed by atoms with Crippen molar-refractivity contribution < 1.29 is 14.0 Å². The first-order chi connectivity index (χ1) is 9.67. The minimum absolute atomic E-state index is 0.237. The topological polar surface area (TPSA) is 35.5 Å². The molecule has 118 valence electrons. The largest absolute Gasteiger partial charge is 0.462 e. The van der Waals surface area contributed by atoms with Crippen LogP contribution in [0.4, 0.5) is 0 Å². The van der Waals surface area contributed by atoms with Crippen molar-refractivity contribution in [1.29, 1.82) is 0 Å². The maximum Gasteiger partial charge on any atom is 0.338 e. The molecule has 0 saturated carbocycles. The summed E-state index contributed by atoms with van der Waals surface area (Å²) in [6.45, 7) is 14.2. The highest BCUT2D eigenvalue weighted by Gasteiger charge is 2.36. The van der Waals surface area contributed by atoms with Crippen LogP contribution < -0.4 is 0 Å². The number of carbonyl (C=O) groups is 1. The number of ether oxygens (including phenoxy) is 1. The van der Waals surface area contributed by atoms with Gasteiger partial charge in [0.25, 0.3) is 0 Å². The average Bonchev–Trinajstić information content (AvgIpc) is 2.38. The first-order valence-electron chi connectivity index (χ1n) is 7.57. The lowest BCUT2D eigenvalue weighted by Crippen LogP contribution is -2.41. The SMILES string of the molecule is CCOC(=O)c1ccc(CCO[Si](C)(C)C(C)(C)C)cc1. The first kappa shape index (κ1) is 17.9. The molecule has 4 heteroatoms. The number of rotatable bonds is 6. The zero-order valence-electron chi connectivity index (χ0n) is 14.2. The summed E-state index contributed by atoms with van der Waals surface area (Å²) in [4.78, 5) is 11.6. The summed E-state index contributed by atoms with van der Waals surface area (Å²) in [5.74, 6) is -0.262. The minimum Gasteiger partial charge on any atom is -0.462 e. The molecule has 0 aliphatic carbocycles. The van der Waals surface area contributed by atoms with Crippen LogP contribution in [0.25, 0.3) is 0 Å². The van der Waals surface area contributed by atoms with E-state index in [2.05, 4.69) is 33.9 Å². The summed E-state index contributed by atoms with van der Waals surface area (Å²) in [5.41, 5.74) is 1.78. The molecule has 0 aliphatic rings. The van der Waals surface area contributed by atoms with Gasteiger partial charge in [-0.15, -0.1) is 0 Å². The summed E-state index contributed by atoms with van der Waals surface area (Å²) < 4.78 is 11.1. The van der Waals surface area contributed by atoms with Crippen molar-refractivity contribution in [1.82, 2.24) is 0 Å². The Morgan fingerprint density at radius 3 is 2.19 bits per heavy atom. The van der Waals surface area contributed by atoms with Crippen LogP contribution in [0.15, 0.2) is 24.3 Å². The van der Waals surface area contributed by atoms with E-state index in [-0.39, 0.29) is 11.0 Å². The third-order valence-electron chi connectivity index (χ3n) is 4.12. The second kappa shape index (κ2) is 7.23. The Labute approximate surface area is 129 Å². The Morgan fingerprint density at radius 2 is 1.71 bits per heavy atom. The number of hydrogen-bond acceptors (Lipinski definition) is 3. The van der Waals surface area contributed by atoms with Crippen molar-refractivity contribution >= 4 is 14.3 Å². The van der Waals surface area contributed by atoms with Gasteiger partial charge >= 0.3 is 5.97 Å². The Balaban J connectivity index is 2.52. The number of hydrogen-bond donors (Lipinski definition) is 0. The first-order valence-corrected chi connectivity index (χ1v) is 10.5. The van der Waals surface area contributed by atoms with Gasteiger partial charge in [-0.2, -0.15) is 0 Å². The van der Waals surface area contributed by atoms with E-state index < -0.39 is 8.32 Å². The lowest BCUT2D eigenvalue weighted by atomic mass is 10.1. The van der Waals surface area contributed by atoms with E-state index in [0.29, 0.717) is 12.2 Å². The average molecular weight is 308 g/mol. The van der Waals surface area contributed by atoms with E-state index in [4.69, 9.17) is 9.16 Å². The zero-order chi connectivity index (χ0) is 16.1. The van der Waals surface area contributed by atoms with Gasteiger partial charge in [-0.1, -0.05) is 32.9 Å². The molecule has 0 N–H and O–H groups in total. The molecule has 1 aromatic rings. The molecule has 0 atom stereocenters. The van der Waals surface area contributed by atoms with Crippen molar-refractivity contribution in [2.45, 2.75) is 52.2 Å². The quantitative estimate of drug-likeness (QED) is 0.576. The molecular formula is C17H28O3Si. The fourth-order valence-corrected chi connectivity index (χ4v) is 2.71. The van der Waals surface area contributed by atoms with Crippen LogP contribution in [0.2, 0.25) is 18.1 Å². The van der Waals surface area contributed by atoms with Crippen LogP contribution in [0.3, 0.4) is 0 Å². The molecule has 0 radical (unpaired) electrons. The van der Waals surface area contributed by atoms with Gasteiger partial charge in [0.1, 0.15) is 0 Å². The second-order valence-electron chi connectivity index (χ2n) is 6.78. The third kappa shape index (κ3) is 5.29. The Bertz CT molecular complexity index is 458. The van der Waals surface area contributed by atoms with Crippen molar-refractivity contribution in [3.05, 3.63) is 35.4 Å². The van der Waals surface area contributed by atoms with E-state index in [1.54, 1.807) is 0 Å². The highest BCUT2D eigenvalue weighted by atomic mass is 28.4. The number of esters is 1. The molecule has 0 saturated heterocycles. The van der Waals surface area contributed by atoms with Crippen LogP contribution in [-0.2, 0) is 15.6 Å². The summed E-state index contributed by atoms with van der Waals surface area (Å²) in [7, 11) is -1.67. The van der Waals surface area contributed by atoms with Crippen LogP contribution in [0, 0.1) is 0 Å². The van der Waals surface area contributed by atoms with Crippen molar-refractivity contribution in [3.63, 3.8) is 0 Å². The number of carbonyl (C=O) groups excluding carboxylic acids is 1. The van der Waals surface area contributed by atoms with Gasteiger partial charge in [-0.05, 0) is 49.2 Å². The molecule has 0 heterocycles. The summed E-state index contributed by atoms with van der Waals surface area (Å²) in [6.07, 6.45) is 0.871. The molecule has 0 spiro atoms. The van der Waals surface area contributed by atoms with E-state index >= 15 is 0 Å². The van der Waals surface area contributed by atoms with Crippen LogP contribution in [-0.4, -0.2) is 27.5 Å². The van der Waals surface area contributed by atoms with E-state index in [0.717, 1.165) is 13.0 Å². The van der Waals surface area contributed by atoms with E-state index in [1.807, 2.05) is 31.2 Å². The van der Waals surface area contributed by atoms with Gasteiger partial charge in [0.2, 0.25) is 0 Å². The zero-order valence-corrected chi connectivity index (χ0v) is 15.2. The summed E-state index contributed by atoms with van der Waals surface area (Å²) in [6, 6.07) is 7.59. The van der Waals surface area contributed by atoms with Crippen molar-refractivity contribution in [3.8, 4) is 0 Å². The molecule has 0 amide bonds. The molecule has 0 aliphatic heterocycles. The molecular weight excluding hydrogens is 280 g/mol. The van der Waals surface area contributed by atoms with Gasteiger partial charge in [-0.3, -0.25) is 0 Å². The fraction of sp³-hybridized carbons (Fsp3) is 0.588. The Kier molecular flexibility index (Phi) is 6.17. The molecule has 0 fully saturated rings. The second-order valence-corrected chi connectivity index (χ2v) is 11.6. The van der Waals surface area contributed by atoms with E-state index in [9.17, 15) is 4.79 Å². The van der Waals surface area contributed by atoms with Gasteiger partial charge in [0.15, 0.2) is 8.32 Å². The van der Waals surface area contributed by atoms with Crippen LogP contribution >= 0.6 is 0 Å².